The van der Waals surface area contributed by atoms with Crippen LogP contribution in [0.4, 0.5) is 0 Å². The monoisotopic (exact) mass is 268 g/mol. The van der Waals surface area contributed by atoms with Crippen LogP contribution in [0.15, 0.2) is 24.3 Å². The molecule has 0 saturated carbocycles. The molecule has 1 aromatic carbocycles. The maximum atomic E-state index is 9.09. The van der Waals surface area contributed by atoms with Crippen molar-refractivity contribution in [3.05, 3.63) is 29.8 Å². The van der Waals surface area contributed by atoms with E-state index in [1.807, 2.05) is 31.2 Å². The third-order valence-corrected chi connectivity index (χ3v) is 3.20. The normalized spacial score (nSPS) is 14.1. The van der Waals surface area contributed by atoms with Gasteiger partial charge in [0.25, 0.3) is 0 Å². The molecule has 19 heavy (non-hydrogen) atoms. The third kappa shape index (κ3) is 5.59. The average molecular weight is 268 g/mol. The molecule has 0 aliphatic rings. The minimum absolute atomic E-state index is 0.0425. The Hall–Kier alpha value is -1.10. The third-order valence-electron chi connectivity index (χ3n) is 3.20. The number of methoxy groups -OCH3 is 2. The molecule has 0 aromatic heterocycles. The van der Waals surface area contributed by atoms with Crippen LogP contribution in [-0.2, 0) is 16.1 Å². The number of ether oxygens (including phenoxy) is 3. The quantitative estimate of drug-likeness (QED) is 0.698. The minimum atomic E-state index is 0.0425. The molecule has 4 nitrogen and oxygen atoms in total. The van der Waals surface area contributed by atoms with Crippen molar-refractivity contribution in [2.75, 3.05) is 27.4 Å². The first-order chi connectivity index (χ1) is 9.21. The van der Waals surface area contributed by atoms with Gasteiger partial charge >= 0.3 is 0 Å². The maximum absolute atomic E-state index is 9.09. The van der Waals surface area contributed by atoms with E-state index in [4.69, 9.17) is 19.3 Å². The van der Waals surface area contributed by atoms with E-state index in [0.29, 0.717) is 13.2 Å². The maximum Gasteiger partial charge on any atom is 0.118 e. The molecule has 0 heterocycles. The summed E-state index contributed by atoms with van der Waals surface area (Å²) < 4.78 is 16.0. The van der Waals surface area contributed by atoms with Crippen molar-refractivity contribution in [1.29, 1.82) is 0 Å². The summed E-state index contributed by atoms with van der Waals surface area (Å²) >= 11 is 0. The molecule has 0 fully saturated rings. The van der Waals surface area contributed by atoms with Gasteiger partial charge in [-0.15, -0.1) is 0 Å². The summed E-state index contributed by atoms with van der Waals surface area (Å²) in [6, 6.07) is 7.82. The van der Waals surface area contributed by atoms with Crippen molar-refractivity contribution < 1.29 is 19.3 Å². The zero-order valence-electron chi connectivity index (χ0n) is 12.0. The lowest BCUT2D eigenvalue weighted by atomic mass is 10.0. The van der Waals surface area contributed by atoms with E-state index in [9.17, 15) is 0 Å². The highest BCUT2D eigenvalue weighted by molar-refractivity contribution is 5.26. The lowest BCUT2D eigenvalue weighted by Gasteiger charge is -2.20. The molecule has 1 rings (SSSR count). The van der Waals surface area contributed by atoms with Gasteiger partial charge in [-0.25, -0.2) is 0 Å². The van der Waals surface area contributed by atoms with Gasteiger partial charge in [0, 0.05) is 26.2 Å². The zero-order chi connectivity index (χ0) is 14.1. The second-order valence-corrected chi connectivity index (χ2v) is 4.62. The lowest BCUT2D eigenvalue weighted by molar-refractivity contribution is 0.00268. The molecule has 108 valence electrons. The Morgan fingerprint density at radius 2 is 1.84 bits per heavy atom. The smallest absolute Gasteiger partial charge is 0.118 e. The van der Waals surface area contributed by atoms with E-state index >= 15 is 0 Å². The number of benzene rings is 1. The SMILES string of the molecule is COc1ccc(COCC[C@@H](OC)[C@@H](C)CO)cc1. The molecular weight excluding hydrogens is 244 g/mol. The van der Waals surface area contributed by atoms with Crippen molar-refractivity contribution in [3.8, 4) is 5.75 Å². The Balaban J connectivity index is 2.25. The summed E-state index contributed by atoms with van der Waals surface area (Å²) in [5.41, 5.74) is 1.12. The van der Waals surface area contributed by atoms with Gasteiger partial charge in [0.05, 0.1) is 19.8 Å². The molecule has 0 aliphatic carbocycles. The Bertz CT molecular complexity index is 337. The molecule has 0 spiro atoms. The predicted molar refractivity (Wildman–Crippen MR) is 74.3 cm³/mol. The second kappa shape index (κ2) is 8.91. The van der Waals surface area contributed by atoms with Gasteiger partial charge in [0.2, 0.25) is 0 Å². The molecule has 0 unspecified atom stereocenters. The van der Waals surface area contributed by atoms with Crippen LogP contribution in [0.25, 0.3) is 0 Å². The summed E-state index contributed by atoms with van der Waals surface area (Å²) in [5, 5.41) is 9.09. The van der Waals surface area contributed by atoms with E-state index in [2.05, 4.69) is 0 Å². The number of aliphatic hydroxyl groups excluding tert-OH is 1. The van der Waals surface area contributed by atoms with Crippen LogP contribution in [0, 0.1) is 5.92 Å². The van der Waals surface area contributed by atoms with Gasteiger partial charge in [-0.2, -0.15) is 0 Å². The van der Waals surface area contributed by atoms with E-state index in [1.165, 1.54) is 0 Å². The molecule has 4 heteroatoms. The van der Waals surface area contributed by atoms with E-state index in [0.717, 1.165) is 17.7 Å². The molecule has 1 N–H and O–H groups in total. The standard InChI is InChI=1S/C15H24O4/c1-12(10-16)15(18-3)8-9-19-11-13-4-6-14(17-2)7-5-13/h4-7,12,15-16H,8-11H2,1-3H3/t12-,15+/m0/s1. The molecule has 0 saturated heterocycles. The Morgan fingerprint density at radius 1 is 1.16 bits per heavy atom. The summed E-state index contributed by atoms with van der Waals surface area (Å²) in [7, 11) is 3.32. The number of hydrogen-bond acceptors (Lipinski definition) is 4. The van der Waals surface area contributed by atoms with E-state index in [-0.39, 0.29) is 18.6 Å². The fourth-order valence-corrected chi connectivity index (χ4v) is 1.86. The first kappa shape index (κ1) is 16.0. The lowest BCUT2D eigenvalue weighted by Crippen LogP contribution is -2.24. The molecule has 1 aromatic rings. The average Bonchev–Trinajstić information content (AvgIpc) is 2.47. The van der Waals surface area contributed by atoms with Crippen LogP contribution in [0.1, 0.15) is 18.9 Å². The van der Waals surface area contributed by atoms with Gasteiger partial charge in [-0.1, -0.05) is 19.1 Å². The topological polar surface area (TPSA) is 47.9 Å². The van der Waals surface area contributed by atoms with Crippen molar-refractivity contribution >= 4 is 0 Å². The van der Waals surface area contributed by atoms with E-state index in [1.54, 1.807) is 14.2 Å². The Labute approximate surface area is 115 Å². The summed E-state index contributed by atoms with van der Waals surface area (Å²) in [4.78, 5) is 0. The first-order valence-electron chi connectivity index (χ1n) is 6.55. The summed E-state index contributed by atoms with van der Waals surface area (Å²) in [6.07, 6.45) is 0.829. The molecule has 0 amide bonds. The fourth-order valence-electron chi connectivity index (χ4n) is 1.86. The van der Waals surface area contributed by atoms with Crippen molar-refractivity contribution in [2.45, 2.75) is 26.1 Å². The van der Waals surface area contributed by atoms with Crippen LogP contribution in [-0.4, -0.2) is 38.6 Å². The second-order valence-electron chi connectivity index (χ2n) is 4.62. The Morgan fingerprint density at radius 3 is 2.37 bits per heavy atom. The minimum Gasteiger partial charge on any atom is -0.497 e. The van der Waals surface area contributed by atoms with Crippen LogP contribution in [0.5, 0.6) is 5.75 Å². The van der Waals surface area contributed by atoms with Crippen LogP contribution in [0.3, 0.4) is 0 Å². The van der Waals surface area contributed by atoms with Crippen LogP contribution >= 0.6 is 0 Å². The van der Waals surface area contributed by atoms with Crippen molar-refractivity contribution in [1.82, 2.24) is 0 Å². The number of aliphatic hydroxyl groups is 1. The van der Waals surface area contributed by atoms with Gasteiger partial charge in [-0.3, -0.25) is 0 Å². The van der Waals surface area contributed by atoms with Crippen molar-refractivity contribution in [2.24, 2.45) is 5.92 Å². The van der Waals surface area contributed by atoms with Gasteiger partial charge < -0.3 is 19.3 Å². The summed E-state index contributed by atoms with van der Waals surface area (Å²) in [5.74, 6) is 0.981. The van der Waals surface area contributed by atoms with Crippen molar-refractivity contribution in [3.63, 3.8) is 0 Å². The highest BCUT2D eigenvalue weighted by Crippen LogP contribution is 2.13. The van der Waals surface area contributed by atoms with E-state index < -0.39 is 0 Å². The summed E-state index contributed by atoms with van der Waals surface area (Å²) in [6.45, 7) is 3.30. The van der Waals surface area contributed by atoms with Crippen LogP contribution < -0.4 is 4.74 Å². The fraction of sp³-hybridized carbons (Fsp3) is 0.600. The molecule has 2 atom stereocenters. The zero-order valence-corrected chi connectivity index (χ0v) is 12.0. The van der Waals surface area contributed by atoms with Crippen LogP contribution in [0.2, 0.25) is 0 Å². The van der Waals surface area contributed by atoms with Gasteiger partial charge in [0.1, 0.15) is 5.75 Å². The predicted octanol–water partition coefficient (Wildman–Crippen LogP) is 2.25. The van der Waals surface area contributed by atoms with Gasteiger partial charge in [0.15, 0.2) is 0 Å². The highest BCUT2D eigenvalue weighted by Gasteiger charge is 2.15. The molecule has 0 bridgehead atoms. The number of hydrogen-bond donors (Lipinski definition) is 1. The number of rotatable bonds is 9. The largest absolute Gasteiger partial charge is 0.497 e. The molecule has 0 radical (unpaired) electrons. The molecule has 0 aliphatic heterocycles. The first-order valence-corrected chi connectivity index (χ1v) is 6.55. The Kier molecular flexibility index (Phi) is 7.48. The highest BCUT2D eigenvalue weighted by atomic mass is 16.5. The molecular formula is C15H24O4. The van der Waals surface area contributed by atoms with Gasteiger partial charge in [-0.05, 0) is 24.1 Å².